The molecule has 3 N–H and O–H groups in total. The van der Waals surface area contributed by atoms with Crippen LogP contribution < -0.4 is 16.1 Å². The molecule has 0 radical (unpaired) electrons. The highest BCUT2D eigenvalue weighted by Gasteiger charge is 2.22. The Balaban J connectivity index is 1.84. The topological polar surface area (TPSA) is 111 Å². The first-order valence-electron chi connectivity index (χ1n) is 8.92. The summed E-state index contributed by atoms with van der Waals surface area (Å²) in [5.41, 5.74) is 10.5. The van der Waals surface area contributed by atoms with E-state index in [2.05, 4.69) is 15.1 Å². The first-order valence-corrected chi connectivity index (χ1v) is 8.92. The Bertz CT molecular complexity index is 1010. The summed E-state index contributed by atoms with van der Waals surface area (Å²) >= 11 is 0. The molecule has 2 heterocycles. The van der Waals surface area contributed by atoms with E-state index in [-0.39, 0.29) is 6.47 Å². The van der Waals surface area contributed by atoms with Gasteiger partial charge in [0, 0.05) is 29.7 Å². The Kier molecular flexibility index (Phi) is 5.09. The molecular weight excluding hydrogens is 359 g/mol. The van der Waals surface area contributed by atoms with E-state index in [0.29, 0.717) is 29.9 Å². The van der Waals surface area contributed by atoms with Gasteiger partial charge in [-0.2, -0.15) is 10.2 Å². The molecule has 8 nitrogen and oxygen atoms in total. The van der Waals surface area contributed by atoms with Crippen molar-refractivity contribution in [3.8, 4) is 11.1 Å². The number of nitrogen functional groups attached to an aromatic ring is 1. The molecule has 1 saturated heterocycles. The average molecular weight is 378 g/mol. The lowest BCUT2D eigenvalue weighted by molar-refractivity contribution is -0.121. The van der Waals surface area contributed by atoms with E-state index >= 15 is 0 Å². The molecule has 142 valence electrons. The monoisotopic (exact) mass is 378 g/mol. The van der Waals surface area contributed by atoms with Crippen LogP contribution in [0.15, 0.2) is 42.6 Å². The number of benzene rings is 2. The molecule has 0 saturated carbocycles. The van der Waals surface area contributed by atoms with Gasteiger partial charge in [-0.1, -0.05) is 18.2 Å². The van der Waals surface area contributed by atoms with Crippen molar-refractivity contribution in [3.63, 3.8) is 0 Å². The highest BCUT2D eigenvalue weighted by molar-refractivity contribution is 6.61. The highest BCUT2D eigenvalue weighted by atomic mass is 16.5. The number of aromatic nitrogens is 2. The van der Waals surface area contributed by atoms with Crippen molar-refractivity contribution < 1.29 is 19.2 Å². The van der Waals surface area contributed by atoms with Crippen LogP contribution in [0.2, 0.25) is 0 Å². The van der Waals surface area contributed by atoms with Crippen molar-refractivity contribution in [1.29, 1.82) is 0 Å². The third kappa shape index (κ3) is 3.49. The van der Waals surface area contributed by atoms with Gasteiger partial charge in [-0.05, 0) is 29.2 Å². The van der Waals surface area contributed by atoms with Crippen LogP contribution in [0.3, 0.4) is 0 Å². The number of nitrogens with zero attached hydrogens (tertiary/aromatic N) is 3. The average Bonchev–Trinajstić information content (AvgIpc) is 2.74. The zero-order valence-electron chi connectivity index (χ0n) is 15.1. The molecule has 0 bridgehead atoms. The Morgan fingerprint density at radius 3 is 2.82 bits per heavy atom. The van der Waals surface area contributed by atoms with E-state index in [4.69, 9.17) is 15.1 Å². The van der Waals surface area contributed by atoms with Gasteiger partial charge in [-0.3, -0.25) is 4.79 Å². The molecule has 2 aromatic carbocycles. The number of carbonyl (C=O) groups excluding carboxylic acids is 1. The summed E-state index contributed by atoms with van der Waals surface area (Å²) in [5.74, 6) is 0. The second kappa shape index (κ2) is 7.83. The Morgan fingerprint density at radius 1 is 1.21 bits per heavy atom. The maximum Gasteiger partial charge on any atom is 0.561 e. The lowest BCUT2D eigenvalue weighted by Crippen LogP contribution is -2.38. The molecule has 0 atom stereocenters. The summed E-state index contributed by atoms with van der Waals surface area (Å²) in [4.78, 5) is 12.8. The molecule has 9 heteroatoms. The summed E-state index contributed by atoms with van der Waals surface area (Å²) < 4.78 is 10.2. The van der Waals surface area contributed by atoms with Gasteiger partial charge in [0.15, 0.2) is 0 Å². The van der Waals surface area contributed by atoms with Crippen molar-refractivity contribution in [3.05, 3.63) is 42.6 Å². The lowest BCUT2D eigenvalue weighted by atomic mass is 9.78. The largest absolute Gasteiger partial charge is 0.561 e. The van der Waals surface area contributed by atoms with Gasteiger partial charge >= 0.3 is 7.12 Å². The van der Waals surface area contributed by atoms with E-state index in [1.165, 1.54) is 6.20 Å². The first kappa shape index (κ1) is 18.2. The predicted octanol–water partition coefficient (Wildman–Crippen LogP) is 0.576. The Labute approximate surface area is 162 Å². The van der Waals surface area contributed by atoms with Crippen LogP contribution in [0.25, 0.3) is 22.0 Å². The van der Waals surface area contributed by atoms with Crippen LogP contribution in [0.1, 0.15) is 0 Å². The normalized spacial score (nSPS) is 14.1. The quantitative estimate of drug-likeness (QED) is 0.490. The number of ether oxygens (including phenoxy) is 1. The van der Waals surface area contributed by atoms with Crippen LogP contribution >= 0.6 is 0 Å². The molecule has 1 aliphatic rings. The van der Waals surface area contributed by atoms with Gasteiger partial charge in [0.05, 0.1) is 30.6 Å². The smallest absolute Gasteiger partial charge is 0.508 e. The molecule has 28 heavy (non-hydrogen) atoms. The van der Waals surface area contributed by atoms with Crippen LogP contribution in [0, 0.1) is 0 Å². The second-order valence-electron chi connectivity index (χ2n) is 6.49. The summed E-state index contributed by atoms with van der Waals surface area (Å²) in [5, 5.41) is 19.0. The second-order valence-corrected chi connectivity index (χ2v) is 6.49. The van der Waals surface area contributed by atoms with Crippen molar-refractivity contribution in [1.82, 2.24) is 10.2 Å². The van der Waals surface area contributed by atoms with Crippen LogP contribution in [0.5, 0.6) is 0 Å². The molecule has 0 amide bonds. The minimum atomic E-state index is -1.33. The van der Waals surface area contributed by atoms with Gasteiger partial charge in [0.2, 0.25) is 0 Å². The van der Waals surface area contributed by atoms with E-state index in [9.17, 15) is 9.82 Å². The minimum Gasteiger partial charge on any atom is -0.508 e. The first-order chi connectivity index (χ1) is 13.7. The Morgan fingerprint density at radius 2 is 2.04 bits per heavy atom. The number of hydrogen-bond donors (Lipinski definition) is 2. The summed E-state index contributed by atoms with van der Waals surface area (Å²) in [7, 11) is -1.33. The number of rotatable bonds is 5. The van der Waals surface area contributed by atoms with E-state index < -0.39 is 7.12 Å². The summed E-state index contributed by atoms with van der Waals surface area (Å²) in [6, 6.07) is 11.3. The van der Waals surface area contributed by atoms with Crippen LogP contribution in [0.4, 0.5) is 11.4 Å². The van der Waals surface area contributed by atoms with Crippen molar-refractivity contribution in [2.75, 3.05) is 36.9 Å². The van der Waals surface area contributed by atoms with Crippen LogP contribution in [-0.4, -0.2) is 55.1 Å². The fourth-order valence-corrected chi connectivity index (χ4v) is 3.40. The lowest BCUT2D eigenvalue weighted by Gasteiger charge is -2.31. The third-order valence-electron chi connectivity index (χ3n) is 4.82. The maximum absolute atomic E-state index is 10.6. The molecule has 3 aromatic rings. The fourth-order valence-electron chi connectivity index (χ4n) is 3.40. The van der Waals surface area contributed by atoms with E-state index in [0.717, 1.165) is 35.3 Å². The van der Waals surface area contributed by atoms with Crippen molar-refractivity contribution >= 4 is 41.3 Å². The Hall–Kier alpha value is -3.17. The van der Waals surface area contributed by atoms with Gasteiger partial charge in [-0.25, -0.2) is 0 Å². The molecule has 1 aromatic heterocycles. The van der Waals surface area contributed by atoms with E-state index in [1.54, 1.807) is 6.07 Å². The van der Waals surface area contributed by atoms with Crippen molar-refractivity contribution in [2.45, 2.75) is 0 Å². The minimum absolute atomic E-state index is 0.231. The molecule has 0 spiro atoms. The highest BCUT2D eigenvalue weighted by Crippen LogP contribution is 2.33. The molecule has 4 rings (SSSR count). The number of nitrogens with two attached hydrogens (primary N) is 1. The number of hydrogen-bond acceptors (Lipinski definition) is 8. The molecular formula is C19H19BN4O4. The van der Waals surface area contributed by atoms with Gasteiger partial charge in [-0.15, -0.1) is 0 Å². The summed E-state index contributed by atoms with van der Waals surface area (Å²) in [6.07, 6.45) is 1.52. The predicted molar refractivity (Wildman–Crippen MR) is 107 cm³/mol. The number of carbonyl (C=O) groups is 1. The fraction of sp³-hybridized carbons (Fsp3) is 0.211. The summed E-state index contributed by atoms with van der Waals surface area (Å²) in [6.45, 7) is 3.06. The SMILES string of the molecule is Nc1cnnc2cc(-c3cc(B(O)OC=O)ccc3N3CCOCC3)ccc12. The van der Waals surface area contributed by atoms with Crippen LogP contribution in [-0.2, 0) is 14.2 Å². The zero-order chi connectivity index (χ0) is 19.5. The molecule has 0 aliphatic carbocycles. The zero-order valence-corrected chi connectivity index (χ0v) is 15.1. The standard InChI is InChI=1S/C19H19BN4O4/c21-17-11-22-23-18-9-13(1-3-15(17)18)16-10-14(20(26)28-12-25)2-4-19(16)24-5-7-27-8-6-24/h1-4,9-12,26H,5-8H2,(H2,21,23). The number of fused-ring (bicyclic) bond motifs is 1. The van der Waals surface area contributed by atoms with Gasteiger partial charge in [0.25, 0.3) is 6.47 Å². The number of morpholine rings is 1. The maximum atomic E-state index is 10.6. The number of anilines is 2. The van der Waals surface area contributed by atoms with Crippen molar-refractivity contribution in [2.24, 2.45) is 0 Å². The molecule has 1 aliphatic heterocycles. The van der Waals surface area contributed by atoms with E-state index in [1.807, 2.05) is 30.3 Å². The third-order valence-corrected chi connectivity index (χ3v) is 4.82. The molecule has 1 fully saturated rings. The molecule has 0 unspecified atom stereocenters. The van der Waals surface area contributed by atoms with Gasteiger partial charge in [0.1, 0.15) is 0 Å². The van der Waals surface area contributed by atoms with Gasteiger partial charge < -0.3 is 25.0 Å².